The molecule has 3 rings (SSSR count). The van der Waals surface area contributed by atoms with E-state index in [0.29, 0.717) is 24.8 Å². The minimum atomic E-state index is -0.485. The molecule has 0 saturated heterocycles. The highest BCUT2D eigenvalue weighted by molar-refractivity contribution is 5.78. The van der Waals surface area contributed by atoms with Crippen molar-refractivity contribution in [2.75, 3.05) is 24.2 Å². The second-order valence-corrected chi connectivity index (χ2v) is 5.98. The number of hydrogen-bond donors (Lipinski definition) is 2. The summed E-state index contributed by atoms with van der Waals surface area (Å²) in [5.74, 6) is 1.17. The monoisotopic (exact) mass is 330 g/mol. The van der Waals surface area contributed by atoms with Crippen LogP contribution in [0.2, 0.25) is 0 Å². The number of carbonyl (C=O) groups excluding carboxylic acids is 1. The number of esters is 1. The number of aromatic nitrogens is 4. The molecule has 3 N–H and O–H groups in total. The number of rotatable bonds is 6. The molecule has 8 nitrogen and oxygen atoms in total. The second kappa shape index (κ2) is 6.86. The third-order valence-corrected chi connectivity index (χ3v) is 4.35. The minimum Gasteiger partial charge on any atom is -0.466 e. The Bertz CT molecular complexity index is 695. The zero-order chi connectivity index (χ0) is 17.0. The first-order valence-electron chi connectivity index (χ1n) is 8.19. The van der Waals surface area contributed by atoms with Crippen molar-refractivity contribution in [3.63, 3.8) is 0 Å². The average Bonchev–Trinajstić information content (AvgIpc) is 3.25. The molecule has 1 aliphatic rings. The highest BCUT2D eigenvalue weighted by Crippen LogP contribution is 2.39. The van der Waals surface area contributed by atoms with Crippen LogP contribution in [-0.2, 0) is 9.53 Å². The molecular weight excluding hydrogens is 308 g/mol. The molecule has 1 aliphatic carbocycles. The van der Waals surface area contributed by atoms with Gasteiger partial charge in [-0.25, -0.2) is 4.68 Å². The topological polar surface area (TPSA) is 108 Å². The van der Waals surface area contributed by atoms with Crippen LogP contribution in [0.15, 0.2) is 24.5 Å². The first-order valence-corrected chi connectivity index (χ1v) is 8.19. The largest absolute Gasteiger partial charge is 0.466 e. The molecule has 2 aromatic rings. The maximum absolute atomic E-state index is 12.4. The number of anilines is 2. The Morgan fingerprint density at radius 3 is 2.88 bits per heavy atom. The van der Waals surface area contributed by atoms with Crippen molar-refractivity contribution in [3.05, 3.63) is 24.5 Å². The molecule has 1 saturated carbocycles. The minimum absolute atomic E-state index is 0.135. The predicted octanol–water partition coefficient (Wildman–Crippen LogP) is 1.78. The van der Waals surface area contributed by atoms with Crippen molar-refractivity contribution in [1.82, 2.24) is 19.7 Å². The summed E-state index contributed by atoms with van der Waals surface area (Å²) in [6.07, 6.45) is 7.16. The zero-order valence-corrected chi connectivity index (χ0v) is 13.7. The van der Waals surface area contributed by atoms with Gasteiger partial charge in [0.25, 0.3) is 0 Å². The number of ether oxygens (including phenoxy) is 1. The van der Waals surface area contributed by atoms with Gasteiger partial charge in [-0.3, -0.25) is 4.79 Å². The average molecular weight is 330 g/mol. The van der Waals surface area contributed by atoms with E-state index < -0.39 is 5.41 Å². The quantitative estimate of drug-likeness (QED) is 0.777. The van der Waals surface area contributed by atoms with Crippen LogP contribution in [0.25, 0.3) is 5.82 Å². The van der Waals surface area contributed by atoms with Crippen molar-refractivity contribution >= 4 is 17.7 Å². The van der Waals surface area contributed by atoms with E-state index in [9.17, 15) is 4.79 Å². The van der Waals surface area contributed by atoms with E-state index in [4.69, 9.17) is 10.5 Å². The van der Waals surface area contributed by atoms with Gasteiger partial charge in [0.2, 0.25) is 5.95 Å². The Balaban J connectivity index is 1.77. The highest BCUT2D eigenvalue weighted by atomic mass is 16.5. The maximum Gasteiger partial charge on any atom is 0.313 e. The summed E-state index contributed by atoms with van der Waals surface area (Å²) in [5, 5.41) is 7.38. The van der Waals surface area contributed by atoms with Gasteiger partial charge in [-0.1, -0.05) is 12.8 Å². The Kier molecular flexibility index (Phi) is 4.64. The molecule has 0 aromatic carbocycles. The van der Waals surface area contributed by atoms with Gasteiger partial charge in [0.1, 0.15) is 5.82 Å². The lowest BCUT2D eigenvalue weighted by atomic mass is 9.86. The number of hydrogen-bond acceptors (Lipinski definition) is 7. The normalized spacial score (nSPS) is 16.0. The molecule has 0 radical (unpaired) electrons. The van der Waals surface area contributed by atoms with E-state index in [1.165, 1.54) is 0 Å². The van der Waals surface area contributed by atoms with Gasteiger partial charge in [-0.2, -0.15) is 15.1 Å². The van der Waals surface area contributed by atoms with Gasteiger partial charge in [0.15, 0.2) is 5.82 Å². The number of nitrogen functional groups attached to an aromatic ring is 1. The van der Waals surface area contributed by atoms with Crippen LogP contribution >= 0.6 is 0 Å². The van der Waals surface area contributed by atoms with Crippen molar-refractivity contribution in [2.24, 2.45) is 5.41 Å². The van der Waals surface area contributed by atoms with E-state index in [0.717, 1.165) is 25.7 Å². The van der Waals surface area contributed by atoms with Gasteiger partial charge in [0.05, 0.1) is 12.0 Å². The van der Waals surface area contributed by atoms with E-state index >= 15 is 0 Å². The zero-order valence-electron chi connectivity index (χ0n) is 13.7. The molecular formula is C16H22N6O2. The number of nitrogens with two attached hydrogens (primary N) is 1. The predicted molar refractivity (Wildman–Crippen MR) is 89.6 cm³/mol. The summed E-state index contributed by atoms with van der Waals surface area (Å²) in [4.78, 5) is 20.8. The van der Waals surface area contributed by atoms with Gasteiger partial charge in [-0.15, -0.1) is 0 Å². The summed E-state index contributed by atoms with van der Waals surface area (Å²) in [6.45, 7) is 2.70. The van der Waals surface area contributed by atoms with Gasteiger partial charge in [-0.05, 0) is 25.8 Å². The van der Waals surface area contributed by atoms with Crippen LogP contribution in [-0.4, -0.2) is 38.9 Å². The fourth-order valence-corrected chi connectivity index (χ4v) is 3.11. The van der Waals surface area contributed by atoms with Gasteiger partial charge >= 0.3 is 5.97 Å². The van der Waals surface area contributed by atoms with E-state index in [1.54, 1.807) is 29.2 Å². The van der Waals surface area contributed by atoms with Crippen molar-refractivity contribution < 1.29 is 9.53 Å². The van der Waals surface area contributed by atoms with Crippen LogP contribution in [0.3, 0.4) is 0 Å². The van der Waals surface area contributed by atoms with E-state index in [-0.39, 0.29) is 11.9 Å². The Morgan fingerprint density at radius 1 is 1.42 bits per heavy atom. The first kappa shape index (κ1) is 16.2. The Labute approximate surface area is 140 Å². The lowest BCUT2D eigenvalue weighted by Gasteiger charge is -2.27. The van der Waals surface area contributed by atoms with E-state index in [2.05, 4.69) is 20.4 Å². The Hall–Kier alpha value is -2.64. The van der Waals surface area contributed by atoms with Crippen molar-refractivity contribution in [1.29, 1.82) is 0 Å². The fraction of sp³-hybridized carbons (Fsp3) is 0.500. The molecule has 8 heteroatoms. The molecule has 2 aromatic heterocycles. The maximum atomic E-state index is 12.4. The van der Waals surface area contributed by atoms with Crippen molar-refractivity contribution in [3.8, 4) is 5.82 Å². The molecule has 0 spiro atoms. The van der Waals surface area contributed by atoms with Gasteiger partial charge < -0.3 is 15.8 Å². The molecule has 1 fully saturated rings. The lowest BCUT2D eigenvalue weighted by Crippen LogP contribution is -2.37. The summed E-state index contributed by atoms with van der Waals surface area (Å²) in [7, 11) is 0. The molecule has 24 heavy (non-hydrogen) atoms. The molecule has 128 valence electrons. The highest BCUT2D eigenvalue weighted by Gasteiger charge is 2.42. The summed E-state index contributed by atoms with van der Waals surface area (Å²) in [5.41, 5.74) is 5.31. The first-order chi connectivity index (χ1) is 11.6. The van der Waals surface area contributed by atoms with Crippen LogP contribution in [0.1, 0.15) is 32.6 Å². The van der Waals surface area contributed by atoms with Gasteiger partial charge in [0, 0.05) is 25.0 Å². The SMILES string of the molecule is CCOC(=O)C1(CNc2cc(-n3cccn3)nc(N)n2)CCCC1. The summed E-state index contributed by atoms with van der Waals surface area (Å²) >= 11 is 0. The van der Waals surface area contributed by atoms with Crippen molar-refractivity contribution in [2.45, 2.75) is 32.6 Å². The summed E-state index contributed by atoms with van der Waals surface area (Å²) in [6, 6.07) is 3.57. The molecule has 0 unspecified atom stereocenters. The second-order valence-electron chi connectivity index (χ2n) is 5.98. The standard InChI is InChI=1S/C16H22N6O2/c1-2-24-14(23)16(6-3-4-7-16)11-18-12-10-13(21-15(17)20-12)22-9-5-8-19-22/h5,8-10H,2-4,6-7,11H2,1H3,(H3,17,18,20,21). The van der Waals surface area contributed by atoms with Crippen LogP contribution in [0.4, 0.5) is 11.8 Å². The van der Waals surface area contributed by atoms with Crippen LogP contribution < -0.4 is 11.1 Å². The Morgan fingerprint density at radius 2 is 2.21 bits per heavy atom. The fourth-order valence-electron chi connectivity index (χ4n) is 3.11. The molecule has 0 atom stereocenters. The smallest absolute Gasteiger partial charge is 0.313 e. The summed E-state index contributed by atoms with van der Waals surface area (Å²) < 4.78 is 6.88. The molecule has 0 bridgehead atoms. The number of carbonyl (C=O) groups is 1. The number of nitrogens with zero attached hydrogens (tertiary/aromatic N) is 4. The lowest BCUT2D eigenvalue weighted by molar-refractivity contribution is -0.154. The third kappa shape index (κ3) is 3.32. The molecule has 2 heterocycles. The van der Waals surface area contributed by atoms with E-state index in [1.807, 2.05) is 6.92 Å². The van der Waals surface area contributed by atoms with Crippen LogP contribution in [0.5, 0.6) is 0 Å². The van der Waals surface area contributed by atoms with Crippen LogP contribution in [0, 0.1) is 5.41 Å². The molecule has 0 aliphatic heterocycles. The third-order valence-electron chi connectivity index (χ3n) is 4.35. The molecule has 0 amide bonds. The number of nitrogens with one attached hydrogen (secondary N) is 1.